The van der Waals surface area contributed by atoms with E-state index in [2.05, 4.69) is 24.3 Å². The Bertz CT molecular complexity index is 284. The van der Waals surface area contributed by atoms with Gasteiger partial charge in [0.25, 0.3) is 0 Å². The Kier molecular flexibility index (Phi) is 3.41. The van der Waals surface area contributed by atoms with Gasteiger partial charge in [0.1, 0.15) is 6.26 Å². The van der Waals surface area contributed by atoms with Gasteiger partial charge in [0.05, 0.1) is 5.69 Å². The molecular weight excluding hydrogens is 188 g/mol. The van der Waals surface area contributed by atoms with E-state index in [9.17, 15) is 0 Å². The molecule has 0 radical (unpaired) electrons. The summed E-state index contributed by atoms with van der Waals surface area (Å²) in [6.07, 6.45) is 5.61. The Morgan fingerprint density at radius 1 is 1.47 bits per heavy atom. The zero-order valence-corrected chi connectivity index (χ0v) is 9.57. The van der Waals surface area contributed by atoms with Crippen LogP contribution in [0.3, 0.4) is 0 Å². The SMILES string of the molecule is CC1CCC(NCc2ccon2)C(C)C1. The lowest BCUT2D eigenvalue weighted by atomic mass is 9.80. The Labute approximate surface area is 91.2 Å². The predicted molar refractivity (Wildman–Crippen MR) is 59.3 cm³/mol. The van der Waals surface area contributed by atoms with Gasteiger partial charge in [0.2, 0.25) is 0 Å². The lowest BCUT2D eigenvalue weighted by molar-refractivity contribution is 0.226. The molecule has 3 atom stereocenters. The van der Waals surface area contributed by atoms with Crippen molar-refractivity contribution >= 4 is 0 Å². The summed E-state index contributed by atoms with van der Waals surface area (Å²) in [6, 6.07) is 2.57. The fourth-order valence-electron chi connectivity index (χ4n) is 2.53. The zero-order chi connectivity index (χ0) is 10.7. The second kappa shape index (κ2) is 4.79. The second-order valence-electron chi connectivity index (χ2n) is 4.87. The number of nitrogens with one attached hydrogen (secondary N) is 1. The number of aromatic nitrogens is 1. The Hall–Kier alpha value is -0.830. The van der Waals surface area contributed by atoms with Crippen LogP contribution >= 0.6 is 0 Å². The van der Waals surface area contributed by atoms with Crippen molar-refractivity contribution in [1.82, 2.24) is 10.5 Å². The predicted octanol–water partition coefficient (Wildman–Crippen LogP) is 2.59. The molecule has 1 saturated carbocycles. The Morgan fingerprint density at radius 3 is 3.00 bits per heavy atom. The molecule has 2 rings (SSSR count). The van der Waals surface area contributed by atoms with Gasteiger partial charge in [-0.05, 0) is 31.1 Å². The first-order chi connectivity index (χ1) is 7.25. The molecule has 3 nitrogen and oxygen atoms in total. The van der Waals surface area contributed by atoms with Crippen LogP contribution in [0.25, 0.3) is 0 Å². The van der Waals surface area contributed by atoms with Gasteiger partial charge in [-0.25, -0.2) is 0 Å². The molecule has 1 aromatic heterocycles. The molecule has 0 saturated heterocycles. The van der Waals surface area contributed by atoms with Gasteiger partial charge in [-0.1, -0.05) is 19.0 Å². The fraction of sp³-hybridized carbons (Fsp3) is 0.750. The summed E-state index contributed by atoms with van der Waals surface area (Å²) in [5.74, 6) is 1.67. The number of hydrogen-bond donors (Lipinski definition) is 1. The standard InChI is InChI=1S/C12H20N2O/c1-9-3-4-12(10(2)7-9)13-8-11-5-6-15-14-11/h5-6,9-10,12-13H,3-4,7-8H2,1-2H3. The van der Waals surface area contributed by atoms with Crippen LogP contribution in [0, 0.1) is 11.8 Å². The first-order valence-corrected chi connectivity index (χ1v) is 5.88. The van der Waals surface area contributed by atoms with Gasteiger partial charge in [-0.2, -0.15) is 0 Å². The summed E-state index contributed by atoms with van der Waals surface area (Å²) in [7, 11) is 0. The van der Waals surface area contributed by atoms with E-state index in [0.717, 1.165) is 24.1 Å². The van der Waals surface area contributed by atoms with Crippen molar-refractivity contribution in [1.29, 1.82) is 0 Å². The minimum atomic E-state index is 0.651. The van der Waals surface area contributed by atoms with Gasteiger partial charge < -0.3 is 9.84 Å². The molecule has 1 aromatic rings. The molecule has 1 aliphatic rings. The average Bonchev–Trinajstić information content (AvgIpc) is 2.69. The van der Waals surface area contributed by atoms with Gasteiger partial charge in [0, 0.05) is 18.7 Å². The third-order valence-electron chi connectivity index (χ3n) is 3.47. The molecule has 0 amide bonds. The van der Waals surface area contributed by atoms with Crippen LogP contribution in [-0.2, 0) is 6.54 Å². The largest absolute Gasteiger partial charge is 0.364 e. The summed E-state index contributed by atoms with van der Waals surface area (Å²) in [6.45, 7) is 5.53. The second-order valence-corrected chi connectivity index (χ2v) is 4.87. The van der Waals surface area contributed by atoms with Crippen molar-refractivity contribution in [3.8, 4) is 0 Å². The van der Waals surface area contributed by atoms with E-state index in [1.54, 1.807) is 6.26 Å². The van der Waals surface area contributed by atoms with E-state index in [1.165, 1.54) is 19.3 Å². The highest BCUT2D eigenvalue weighted by Crippen LogP contribution is 2.28. The van der Waals surface area contributed by atoms with E-state index in [4.69, 9.17) is 4.52 Å². The van der Waals surface area contributed by atoms with E-state index >= 15 is 0 Å². The summed E-state index contributed by atoms with van der Waals surface area (Å²) in [5, 5.41) is 7.47. The molecule has 15 heavy (non-hydrogen) atoms. The Morgan fingerprint density at radius 2 is 2.33 bits per heavy atom. The first-order valence-electron chi connectivity index (χ1n) is 5.88. The molecule has 0 aliphatic heterocycles. The van der Waals surface area contributed by atoms with Crippen molar-refractivity contribution < 1.29 is 4.52 Å². The van der Waals surface area contributed by atoms with Crippen LogP contribution in [-0.4, -0.2) is 11.2 Å². The number of hydrogen-bond acceptors (Lipinski definition) is 3. The smallest absolute Gasteiger partial charge is 0.124 e. The van der Waals surface area contributed by atoms with Crippen molar-refractivity contribution in [2.75, 3.05) is 0 Å². The van der Waals surface area contributed by atoms with E-state index < -0.39 is 0 Å². The third-order valence-corrected chi connectivity index (χ3v) is 3.47. The minimum absolute atomic E-state index is 0.651. The molecule has 1 N–H and O–H groups in total. The molecule has 1 heterocycles. The average molecular weight is 208 g/mol. The highest BCUT2D eigenvalue weighted by Gasteiger charge is 2.24. The zero-order valence-electron chi connectivity index (χ0n) is 9.57. The molecule has 3 unspecified atom stereocenters. The van der Waals surface area contributed by atoms with Gasteiger partial charge in [-0.15, -0.1) is 0 Å². The monoisotopic (exact) mass is 208 g/mol. The van der Waals surface area contributed by atoms with Crippen LogP contribution in [0.5, 0.6) is 0 Å². The summed E-state index contributed by atoms with van der Waals surface area (Å²) in [5.41, 5.74) is 1.00. The maximum absolute atomic E-state index is 4.81. The molecule has 0 aromatic carbocycles. The van der Waals surface area contributed by atoms with Crippen molar-refractivity contribution in [2.24, 2.45) is 11.8 Å². The lowest BCUT2D eigenvalue weighted by Gasteiger charge is -2.33. The number of rotatable bonds is 3. The van der Waals surface area contributed by atoms with Crippen LogP contribution in [0.15, 0.2) is 16.9 Å². The van der Waals surface area contributed by atoms with Gasteiger partial charge >= 0.3 is 0 Å². The van der Waals surface area contributed by atoms with Crippen molar-refractivity contribution in [2.45, 2.75) is 45.7 Å². The topological polar surface area (TPSA) is 38.1 Å². The first kappa shape index (κ1) is 10.7. The third kappa shape index (κ3) is 2.81. The molecule has 0 spiro atoms. The highest BCUT2D eigenvalue weighted by atomic mass is 16.5. The summed E-state index contributed by atoms with van der Waals surface area (Å²) >= 11 is 0. The molecule has 1 fully saturated rings. The van der Waals surface area contributed by atoms with Crippen LogP contribution < -0.4 is 5.32 Å². The highest BCUT2D eigenvalue weighted by molar-refractivity contribution is 4.95. The molecule has 1 aliphatic carbocycles. The molecule has 84 valence electrons. The maximum atomic E-state index is 4.81. The normalized spacial score (nSPS) is 31.7. The fourth-order valence-corrected chi connectivity index (χ4v) is 2.53. The van der Waals surface area contributed by atoms with Crippen LogP contribution in [0.1, 0.15) is 38.8 Å². The van der Waals surface area contributed by atoms with Crippen molar-refractivity contribution in [3.05, 3.63) is 18.0 Å². The molecule has 3 heteroatoms. The summed E-state index contributed by atoms with van der Waals surface area (Å²) in [4.78, 5) is 0. The lowest BCUT2D eigenvalue weighted by Crippen LogP contribution is -2.38. The van der Waals surface area contributed by atoms with Gasteiger partial charge in [0.15, 0.2) is 0 Å². The Balaban J connectivity index is 1.79. The summed E-state index contributed by atoms with van der Waals surface area (Å²) < 4.78 is 4.81. The van der Waals surface area contributed by atoms with E-state index in [0.29, 0.717) is 6.04 Å². The van der Waals surface area contributed by atoms with E-state index in [-0.39, 0.29) is 0 Å². The van der Waals surface area contributed by atoms with Gasteiger partial charge in [-0.3, -0.25) is 0 Å². The van der Waals surface area contributed by atoms with Crippen LogP contribution in [0.4, 0.5) is 0 Å². The van der Waals surface area contributed by atoms with E-state index in [1.807, 2.05) is 6.07 Å². The maximum Gasteiger partial charge on any atom is 0.124 e. The molecule has 0 bridgehead atoms. The number of nitrogens with zero attached hydrogens (tertiary/aromatic N) is 1. The quantitative estimate of drug-likeness (QED) is 0.829. The van der Waals surface area contributed by atoms with Crippen LogP contribution in [0.2, 0.25) is 0 Å². The minimum Gasteiger partial charge on any atom is -0.364 e. The molecular formula is C12H20N2O. The van der Waals surface area contributed by atoms with Crippen molar-refractivity contribution in [3.63, 3.8) is 0 Å².